The van der Waals surface area contributed by atoms with Crippen molar-refractivity contribution in [1.29, 1.82) is 0 Å². The van der Waals surface area contributed by atoms with Crippen LogP contribution in [0.25, 0.3) is 0 Å². The second-order valence-corrected chi connectivity index (χ2v) is 6.02. The Labute approximate surface area is 159 Å². The molecule has 2 rings (SSSR count). The third-order valence-corrected chi connectivity index (χ3v) is 3.94. The lowest BCUT2D eigenvalue weighted by atomic mass is 10.2. The van der Waals surface area contributed by atoms with E-state index in [2.05, 4.69) is 0 Å². The van der Waals surface area contributed by atoms with Gasteiger partial charge in [-0.2, -0.15) is 0 Å². The van der Waals surface area contributed by atoms with Crippen LogP contribution in [0.1, 0.15) is 6.92 Å². The van der Waals surface area contributed by atoms with E-state index in [9.17, 15) is 19.7 Å². The number of non-ortho nitro benzene ring substituents is 1. The van der Waals surface area contributed by atoms with Crippen LogP contribution in [0, 0.1) is 16.0 Å². The minimum atomic E-state index is -0.980. The van der Waals surface area contributed by atoms with Gasteiger partial charge in [-0.25, -0.2) is 4.79 Å². The van der Waals surface area contributed by atoms with Crippen molar-refractivity contribution in [2.24, 2.45) is 11.7 Å². The third kappa shape index (κ3) is 4.85. The van der Waals surface area contributed by atoms with Gasteiger partial charge in [0.2, 0.25) is 0 Å². The number of hydrogen-bond acceptors (Lipinski definition) is 5. The summed E-state index contributed by atoms with van der Waals surface area (Å²) in [6.07, 6.45) is 0. The normalized spacial score (nSPS) is 11.5. The van der Waals surface area contributed by atoms with Crippen LogP contribution in [-0.2, 0) is 4.79 Å². The maximum absolute atomic E-state index is 11.9. The van der Waals surface area contributed by atoms with E-state index in [-0.39, 0.29) is 23.0 Å². The number of carbonyl (C=O) groups is 2. The van der Waals surface area contributed by atoms with E-state index in [1.165, 1.54) is 43.3 Å². The van der Waals surface area contributed by atoms with Gasteiger partial charge in [0.15, 0.2) is 0 Å². The van der Waals surface area contributed by atoms with Gasteiger partial charge in [0.1, 0.15) is 12.4 Å². The lowest BCUT2D eigenvalue weighted by molar-refractivity contribution is -0.384. The van der Waals surface area contributed by atoms with Gasteiger partial charge in [-0.15, -0.1) is 0 Å². The van der Waals surface area contributed by atoms with Crippen molar-refractivity contribution in [3.63, 3.8) is 0 Å². The highest BCUT2D eigenvalue weighted by molar-refractivity contribution is 6.34. The smallest absolute Gasteiger partial charge is 0.323 e. The molecule has 9 nitrogen and oxygen atoms in total. The Hall–Kier alpha value is -3.33. The molecular weight excluding hydrogens is 378 g/mol. The van der Waals surface area contributed by atoms with E-state index in [1.807, 2.05) is 0 Å². The summed E-state index contributed by atoms with van der Waals surface area (Å²) < 4.78 is 5.37. The number of carboxylic acids is 1. The van der Waals surface area contributed by atoms with Gasteiger partial charge in [-0.1, -0.05) is 11.6 Å². The van der Waals surface area contributed by atoms with E-state index >= 15 is 0 Å². The molecule has 0 aliphatic carbocycles. The molecule has 142 valence electrons. The molecule has 0 aromatic heterocycles. The quantitative estimate of drug-likeness (QED) is 0.545. The summed E-state index contributed by atoms with van der Waals surface area (Å²) in [6.45, 7) is 1.49. The molecule has 1 atom stereocenters. The largest absolute Gasteiger partial charge is 0.493 e. The van der Waals surface area contributed by atoms with Gasteiger partial charge in [-0.3, -0.25) is 19.8 Å². The molecule has 1 unspecified atom stereocenters. The highest BCUT2D eigenvalue weighted by Crippen LogP contribution is 2.35. The molecule has 2 amide bonds. The average molecular weight is 394 g/mol. The standard InChI is InChI=1S/C17H16ClN3O6/c1-10(16(22)23)9-27-13-5-2-11(3-6-13)20(17(19)24)15-8-12(21(25)26)4-7-14(15)18/h2-8,10H,9H2,1H3,(H2,19,24)(H,22,23). The van der Waals surface area contributed by atoms with Gasteiger partial charge in [0.05, 0.1) is 27.2 Å². The number of amides is 2. The van der Waals surface area contributed by atoms with Crippen LogP contribution >= 0.6 is 11.6 Å². The van der Waals surface area contributed by atoms with Crippen molar-refractivity contribution in [1.82, 2.24) is 0 Å². The molecule has 0 saturated heterocycles. The first-order valence-corrected chi connectivity index (χ1v) is 8.07. The van der Waals surface area contributed by atoms with E-state index in [0.29, 0.717) is 11.4 Å². The Morgan fingerprint density at radius 3 is 2.44 bits per heavy atom. The Morgan fingerprint density at radius 2 is 1.93 bits per heavy atom. The number of ether oxygens (including phenoxy) is 1. The number of halogens is 1. The monoisotopic (exact) mass is 393 g/mol. The number of aliphatic carboxylic acids is 1. The molecule has 27 heavy (non-hydrogen) atoms. The van der Waals surface area contributed by atoms with Gasteiger partial charge in [-0.05, 0) is 37.3 Å². The summed E-state index contributed by atoms with van der Waals surface area (Å²) in [5.74, 6) is -1.27. The molecular formula is C17H16ClN3O6. The first-order valence-electron chi connectivity index (χ1n) is 7.70. The molecule has 2 aromatic rings. The summed E-state index contributed by atoms with van der Waals surface area (Å²) in [5.41, 5.74) is 5.55. The predicted octanol–water partition coefficient (Wildman–Crippen LogP) is 3.56. The van der Waals surface area contributed by atoms with E-state index < -0.39 is 22.8 Å². The Morgan fingerprint density at radius 1 is 1.30 bits per heavy atom. The molecule has 0 heterocycles. The Bertz CT molecular complexity index is 871. The van der Waals surface area contributed by atoms with Crippen LogP contribution in [0.2, 0.25) is 5.02 Å². The molecule has 3 N–H and O–H groups in total. The van der Waals surface area contributed by atoms with Gasteiger partial charge < -0.3 is 15.6 Å². The number of anilines is 2. The van der Waals surface area contributed by atoms with Crippen molar-refractivity contribution >= 4 is 40.7 Å². The molecule has 2 aromatic carbocycles. The topological polar surface area (TPSA) is 136 Å². The van der Waals surface area contributed by atoms with Crippen molar-refractivity contribution in [2.45, 2.75) is 6.92 Å². The van der Waals surface area contributed by atoms with Crippen LogP contribution in [0.3, 0.4) is 0 Å². The summed E-state index contributed by atoms with van der Waals surface area (Å²) in [7, 11) is 0. The van der Waals surface area contributed by atoms with Crippen molar-refractivity contribution in [3.8, 4) is 5.75 Å². The molecule has 0 spiro atoms. The first-order chi connectivity index (χ1) is 12.7. The minimum absolute atomic E-state index is 0.0229. The van der Waals surface area contributed by atoms with Gasteiger partial charge >= 0.3 is 12.0 Å². The zero-order valence-electron chi connectivity index (χ0n) is 14.2. The van der Waals surface area contributed by atoms with Crippen LogP contribution in [0.5, 0.6) is 5.75 Å². The van der Waals surface area contributed by atoms with Gasteiger partial charge in [0, 0.05) is 12.1 Å². The number of nitro benzene ring substituents is 1. The second-order valence-electron chi connectivity index (χ2n) is 5.61. The van der Waals surface area contributed by atoms with Crippen LogP contribution < -0.4 is 15.4 Å². The SMILES string of the molecule is CC(COc1ccc(N(C(N)=O)c2cc([N+](=O)[O-])ccc2Cl)cc1)C(=O)O. The molecule has 0 radical (unpaired) electrons. The minimum Gasteiger partial charge on any atom is -0.493 e. The summed E-state index contributed by atoms with van der Waals surface area (Å²) >= 11 is 6.08. The average Bonchev–Trinajstić information content (AvgIpc) is 2.61. The van der Waals surface area contributed by atoms with Crippen LogP contribution in [0.15, 0.2) is 42.5 Å². The number of nitrogens with two attached hydrogens (primary N) is 1. The maximum Gasteiger partial charge on any atom is 0.323 e. The zero-order valence-corrected chi connectivity index (χ0v) is 14.9. The number of primary amides is 1. The van der Waals surface area contributed by atoms with Gasteiger partial charge in [0.25, 0.3) is 5.69 Å². The number of hydrogen-bond donors (Lipinski definition) is 2. The molecule has 0 saturated carbocycles. The first kappa shape index (κ1) is 20.0. The number of benzene rings is 2. The summed E-state index contributed by atoms with van der Waals surface area (Å²) in [4.78, 5) is 34.1. The number of carboxylic acid groups (broad SMARTS) is 1. The Kier molecular flexibility index (Phi) is 6.19. The number of nitrogens with zero attached hydrogens (tertiary/aromatic N) is 2. The molecule has 0 bridgehead atoms. The third-order valence-electron chi connectivity index (χ3n) is 3.62. The van der Waals surface area contributed by atoms with Crippen LogP contribution in [-0.4, -0.2) is 28.6 Å². The van der Waals surface area contributed by atoms with E-state index in [1.54, 1.807) is 0 Å². The number of rotatable bonds is 7. The maximum atomic E-state index is 11.9. The molecule has 0 fully saturated rings. The lowest BCUT2D eigenvalue weighted by Crippen LogP contribution is -2.31. The van der Waals surface area contributed by atoms with Crippen molar-refractivity contribution in [3.05, 3.63) is 57.6 Å². The molecule has 0 aliphatic heterocycles. The van der Waals surface area contributed by atoms with Crippen molar-refractivity contribution < 1.29 is 24.4 Å². The molecule has 10 heteroatoms. The van der Waals surface area contributed by atoms with Crippen molar-refractivity contribution in [2.75, 3.05) is 11.5 Å². The number of nitro groups is 1. The number of carbonyl (C=O) groups excluding carboxylic acids is 1. The summed E-state index contributed by atoms with van der Waals surface area (Å²) in [6, 6.07) is 8.82. The highest BCUT2D eigenvalue weighted by Gasteiger charge is 2.21. The Balaban J connectivity index is 2.30. The zero-order chi connectivity index (χ0) is 20.1. The van der Waals surface area contributed by atoms with E-state index in [0.717, 1.165) is 11.0 Å². The highest BCUT2D eigenvalue weighted by atomic mass is 35.5. The summed E-state index contributed by atoms with van der Waals surface area (Å²) in [5, 5.41) is 19.9. The second kappa shape index (κ2) is 8.37. The predicted molar refractivity (Wildman–Crippen MR) is 98.6 cm³/mol. The fourth-order valence-electron chi connectivity index (χ4n) is 2.15. The van der Waals surface area contributed by atoms with E-state index in [4.69, 9.17) is 27.2 Å². The fourth-order valence-corrected chi connectivity index (χ4v) is 2.36. The lowest BCUT2D eigenvalue weighted by Gasteiger charge is -2.22. The fraction of sp³-hybridized carbons (Fsp3) is 0.176. The number of urea groups is 1. The van der Waals surface area contributed by atoms with Crippen LogP contribution in [0.4, 0.5) is 21.9 Å². The molecule has 0 aliphatic rings.